The third kappa shape index (κ3) is 4.56. The third-order valence-electron chi connectivity index (χ3n) is 6.55. The van der Waals surface area contributed by atoms with Crippen molar-refractivity contribution in [1.82, 2.24) is 35.0 Å². The van der Waals surface area contributed by atoms with Gasteiger partial charge >= 0.3 is 0 Å². The van der Waals surface area contributed by atoms with Gasteiger partial charge in [-0.05, 0) is 39.3 Å². The van der Waals surface area contributed by atoms with Crippen molar-refractivity contribution >= 4 is 5.91 Å². The molecule has 2 aromatic heterocycles. The van der Waals surface area contributed by atoms with Gasteiger partial charge in [0.15, 0.2) is 0 Å². The monoisotopic (exact) mass is 449 g/mol. The van der Waals surface area contributed by atoms with Crippen molar-refractivity contribution in [3.63, 3.8) is 0 Å². The van der Waals surface area contributed by atoms with Crippen LogP contribution in [0.5, 0.6) is 0 Å². The number of carbonyl (C=O) groups is 1. The smallest absolute Gasteiger partial charge is 0.251 e. The normalized spacial score (nSPS) is 20.5. The highest BCUT2D eigenvalue weighted by molar-refractivity contribution is 5.94. The van der Waals surface area contributed by atoms with Gasteiger partial charge in [-0.15, -0.1) is 5.10 Å². The van der Waals surface area contributed by atoms with E-state index in [1.807, 2.05) is 46.7 Å². The summed E-state index contributed by atoms with van der Waals surface area (Å²) in [6.07, 6.45) is 5.05. The van der Waals surface area contributed by atoms with Crippen LogP contribution in [0, 0.1) is 6.92 Å². The van der Waals surface area contributed by atoms with Crippen LogP contribution in [0.4, 0.5) is 0 Å². The molecule has 0 aliphatic carbocycles. The van der Waals surface area contributed by atoms with Crippen molar-refractivity contribution in [3.05, 3.63) is 64.7 Å². The summed E-state index contributed by atoms with van der Waals surface area (Å²) in [5, 5.41) is 16.1. The molecule has 9 nitrogen and oxygen atoms in total. The molecular formula is C24H31N7O2. The number of amides is 1. The lowest BCUT2D eigenvalue weighted by molar-refractivity contribution is -0.0845. The highest BCUT2D eigenvalue weighted by atomic mass is 16.5. The number of rotatable bonds is 6. The van der Waals surface area contributed by atoms with Crippen LogP contribution in [0.15, 0.2) is 36.7 Å². The minimum absolute atomic E-state index is 0.110. The SMILES string of the molecule is Cc1cccc(C(=O)NCc2nnn3c2COC2(CCN(Cc4cnn(C(C)C)c4)C2)C3)c1. The Kier molecular flexibility index (Phi) is 5.76. The molecule has 5 rings (SSSR count). The topological polar surface area (TPSA) is 90.1 Å². The summed E-state index contributed by atoms with van der Waals surface area (Å²) in [6.45, 7) is 10.4. The molecule has 3 aromatic rings. The largest absolute Gasteiger partial charge is 0.365 e. The molecule has 1 saturated heterocycles. The molecule has 0 radical (unpaired) electrons. The number of fused-ring (bicyclic) bond motifs is 1. The Hall–Kier alpha value is -3.04. The molecule has 1 spiro atoms. The maximum absolute atomic E-state index is 12.5. The second kappa shape index (κ2) is 8.72. The molecule has 1 fully saturated rings. The number of ether oxygens (including phenoxy) is 1. The molecule has 1 atom stereocenters. The maximum atomic E-state index is 12.5. The number of nitrogens with zero attached hydrogens (tertiary/aromatic N) is 6. The summed E-state index contributed by atoms with van der Waals surface area (Å²) in [7, 11) is 0. The van der Waals surface area contributed by atoms with Gasteiger partial charge in [0.2, 0.25) is 0 Å². The zero-order chi connectivity index (χ0) is 23.0. The van der Waals surface area contributed by atoms with Gasteiger partial charge in [0.1, 0.15) is 11.3 Å². The number of hydrogen-bond donors (Lipinski definition) is 1. The highest BCUT2D eigenvalue weighted by Crippen LogP contribution is 2.33. The summed E-state index contributed by atoms with van der Waals surface area (Å²) >= 11 is 0. The molecule has 1 aromatic carbocycles. The molecule has 0 bridgehead atoms. The summed E-state index contributed by atoms with van der Waals surface area (Å²) in [6, 6.07) is 7.92. The van der Waals surface area contributed by atoms with Crippen LogP contribution in [-0.2, 0) is 31.0 Å². The van der Waals surface area contributed by atoms with Crippen LogP contribution in [0.25, 0.3) is 0 Å². The lowest BCUT2D eigenvalue weighted by atomic mass is 10.0. The van der Waals surface area contributed by atoms with Crippen LogP contribution >= 0.6 is 0 Å². The molecule has 9 heteroatoms. The average molecular weight is 450 g/mol. The number of nitrogens with one attached hydrogen (secondary N) is 1. The first kappa shape index (κ1) is 21.8. The van der Waals surface area contributed by atoms with Gasteiger partial charge in [-0.25, -0.2) is 4.68 Å². The van der Waals surface area contributed by atoms with Crippen LogP contribution in [0.1, 0.15) is 59.2 Å². The van der Waals surface area contributed by atoms with Gasteiger partial charge in [0, 0.05) is 43.0 Å². The fourth-order valence-electron chi connectivity index (χ4n) is 4.69. The first-order valence-corrected chi connectivity index (χ1v) is 11.6. The van der Waals surface area contributed by atoms with E-state index in [-0.39, 0.29) is 11.5 Å². The van der Waals surface area contributed by atoms with E-state index in [9.17, 15) is 4.79 Å². The Bertz CT molecular complexity index is 1150. The second-order valence-corrected chi connectivity index (χ2v) is 9.55. The lowest BCUT2D eigenvalue weighted by Crippen LogP contribution is -2.44. The van der Waals surface area contributed by atoms with E-state index in [0.29, 0.717) is 31.3 Å². The molecule has 1 unspecified atom stereocenters. The van der Waals surface area contributed by atoms with Crippen molar-refractivity contribution in [1.29, 1.82) is 0 Å². The molecular weight excluding hydrogens is 418 g/mol. The lowest BCUT2D eigenvalue weighted by Gasteiger charge is -2.34. The van der Waals surface area contributed by atoms with Crippen molar-refractivity contribution in [3.8, 4) is 0 Å². The number of aryl methyl sites for hydroxylation is 1. The summed E-state index contributed by atoms with van der Waals surface area (Å²) in [4.78, 5) is 14.9. The van der Waals surface area contributed by atoms with E-state index in [4.69, 9.17) is 4.74 Å². The molecule has 2 aliphatic heterocycles. The summed E-state index contributed by atoms with van der Waals surface area (Å²) in [5.41, 5.74) is 4.41. The quantitative estimate of drug-likeness (QED) is 0.622. The predicted octanol–water partition coefficient (Wildman–Crippen LogP) is 2.47. The van der Waals surface area contributed by atoms with Crippen LogP contribution in [0.2, 0.25) is 0 Å². The van der Waals surface area contributed by atoms with Crippen molar-refractivity contribution in [2.24, 2.45) is 0 Å². The summed E-state index contributed by atoms with van der Waals surface area (Å²) < 4.78 is 10.3. The zero-order valence-electron chi connectivity index (χ0n) is 19.5. The van der Waals surface area contributed by atoms with Crippen molar-refractivity contribution in [2.75, 3.05) is 13.1 Å². The summed E-state index contributed by atoms with van der Waals surface area (Å²) in [5.74, 6) is -0.110. The van der Waals surface area contributed by atoms with Crippen molar-refractivity contribution < 1.29 is 9.53 Å². The van der Waals surface area contributed by atoms with E-state index in [0.717, 1.165) is 43.0 Å². The molecule has 1 N–H and O–H groups in total. The Morgan fingerprint density at radius 1 is 1.30 bits per heavy atom. The average Bonchev–Trinajstić information content (AvgIpc) is 3.52. The fourth-order valence-corrected chi connectivity index (χ4v) is 4.69. The Morgan fingerprint density at radius 3 is 2.97 bits per heavy atom. The maximum Gasteiger partial charge on any atom is 0.251 e. The zero-order valence-corrected chi connectivity index (χ0v) is 19.5. The fraction of sp³-hybridized carbons (Fsp3) is 0.500. The Balaban J connectivity index is 1.19. The number of benzene rings is 1. The standard InChI is InChI=1S/C24H31N7O2/c1-17(2)30-13-19(10-26-30)12-29-8-7-24(15-29)16-31-22(14-33-24)21(27-28-31)11-25-23(32)20-6-4-5-18(3)9-20/h4-6,9-10,13,17H,7-8,11-12,14-16H2,1-3H3,(H,25,32). The van der Waals surface area contributed by atoms with Gasteiger partial charge < -0.3 is 10.1 Å². The van der Waals surface area contributed by atoms with Gasteiger partial charge in [-0.1, -0.05) is 22.9 Å². The molecule has 1 amide bonds. The highest BCUT2D eigenvalue weighted by Gasteiger charge is 2.43. The van der Waals surface area contributed by atoms with Crippen LogP contribution in [-0.4, -0.2) is 54.3 Å². The van der Waals surface area contributed by atoms with Crippen LogP contribution in [0.3, 0.4) is 0 Å². The van der Waals surface area contributed by atoms with E-state index in [1.165, 1.54) is 5.56 Å². The second-order valence-electron chi connectivity index (χ2n) is 9.55. The van der Waals surface area contributed by atoms with E-state index < -0.39 is 0 Å². The molecule has 2 aliphatic rings. The molecule has 33 heavy (non-hydrogen) atoms. The van der Waals surface area contributed by atoms with Gasteiger partial charge in [-0.3, -0.25) is 14.4 Å². The Labute approximate surface area is 193 Å². The minimum Gasteiger partial charge on any atom is -0.365 e. The Morgan fingerprint density at radius 2 is 2.18 bits per heavy atom. The van der Waals surface area contributed by atoms with Gasteiger partial charge in [0.25, 0.3) is 5.91 Å². The molecule has 0 saturated carbocycles. The van der Waals surface area contributed by atoms with E-state index in [1.54, 1.807) is 0 Å². The van der Waals surface area contributed by atoms with E-state index >= 15 is 0 Å². The number of carbonyl (C=O) groups excluding carboxylic acids is 1. The minimum atomic E-state index is -0.239. The third-order valence-corrected chi connectivity index (χ3v) is 6.55. The van der Waals surface area contributed by atoms with Gasteiger partial charge in [-0.2, -0.15) is 5.10 Å². The number of aromatic nitrogens is 5. The number of hydrogen-bond acceptors (Lipinski definition) is 6. The van der Waals surface area contributed by atoms with Gasteiger partial charge in [0.05, 0.1) is 31.6 Å². The predicted molar refractivity (Wildman–Crippen MR) is 122 cm³/mol. The number of likely N-dealkylation sites (tertiary alicyclic amines) is 1. The molecule has 174 valence electrons. The van der Waals surface area contributed by atoms with Crippen LogP contribution < -0.4 is 5.32 Å². The van der Waals surface area contributed by atoms with Crippen molar-refractivity contribution in [2.45, 2.75) is 65.1 Å². The first-order valence-electron chi connectivity index (χ1n) is 11.6. The molecule has 4 heterocycles. The first-order chi connectivity index (χ1) is 15.9. The van der Waals surface area contributed by atoms with E-state index in [2.05, 4.69) is 45.7 Å².